The van der Waals surface area contributed by atoms with Gasteiger partial charge in [0.05, 0.1) is 11.1 Å². The highest BCUT2D eigenvalue weighted by Gasteiger charge is 2.36. The Bertz CT molecular complexity index is 717. The number of hydrogen-bond donors (Lipinski definition) is 0. The van der Waals surface area contributed by atoms with Crippen LogP contribution in [0.15, 0.2) is 54.6 Å². The number of amides is 2. The number of rotatable bonds is 4. The molecule has 2 amide bonds. The first-order valence-corrected chi connectivity index (χ1v) is 7.14. The Balaban J connectivity index is 1.79. The molecule has 2 aromatic rings. The van der Waals surface area contributed by atoms with Crippen molar-refractivity contribution < 1.29 is 14.4 Å². The standard InChI is InChI=1S/C18H15NO3/c1-12(16(20)13-7-3-2-4-8-13)11-19-17(21)14-9-5-6-10-15(14)18(19)22/h2-10,12H,11H2,1H3. The Morgan fingerprint density at radius 3 is 1.95 bits per heavy atom. The van der Waals surface area contributed by atoms with Crippen molar-refractivity contribution in [3.63, 3.8) is 0 Å². The number of carbonyl (C=O) groups is 3. The molecule has 3 rings (SSSR count). The van der Waals surface area contributed by atoms with Gasteiger partial charge in [0.25, 0.3) is 11.8 Å². The fourth-order valence-electron chi connectivity index (χ4n) is 2.65. The molecule has 22 heavy (non-hydrogen) atoms. The molecule has 2 aromatic carbocycles. The van der Waals surface area contributed by atoms with Crippen LogP contribution >= 0.6 is 0 Å². The third kappa shape index (κ3) is 2.33. The number of nitrogens with zero attached hydrogens (tertiary/aromatic N) is 1. The second kappa shape index (κ2) is 5.56. The highest BCUT2D eigenvalue weighted by atomic mass is 16.2. The summed E-state index contributed by atoms with van der Waals surface area (Å²) in [6, 6.07) is 15.6. The van der Waals surface area contributed by atoms with E-state index >= 15 is 0 Å². The fourth-order valence-corrected chi connectivity index (χ4v) is 2.65. The van der Waals surface area contributed by atoms with Gasteiger partial charge in [-0.1, -0.05) is 49.4 Å². The van der Waals surface area contributed by atoms with Gasteiger partial charge in [-0.2, -0.15) is 0 Å². The predicted molar refractivity (Wildman–Crippen MR) is 81.7 cm³/mol. The molecule has 1 aliphatic rings. The van der Waals surface area contributed by atoms with Gasteiger partial charge in [-0.05, 0) is 12.1 Å². The van der Waals surface area contributed by atoms with Crippen LogP contribution in [0, 0.1) is 5.92 Å². The average Bonchev–Trinajstić information content (AvgIpc) is 2.80. The summed E-state index contributed by atoms with van der Waals surface area (Å²) >= 11 is 0. The van der Waals surface area contributed by atoms with E-state index in [4.69, 9.17) is 0 Å². The molecule has 0 aromatic heterocycles. The van der Waals surface area contributed by atoms with Crippen LogP contribution in [0.1, 0.15) is 38.0 Å². The topological polar surface area (TPSA) is 54.5 Å². The van der Waals surface area contributed by atoms with Gasteiger partial charge < -0.3 is 0 Å². The SMILES string of the molecule is CC(CN1C(=O)c2ccccc2C1=O)C(=O)c1ccccc1. The van der Waals surface area contributed by atoms with Crippen molar-refractivity contribution in [1.82, 2.24) is 4.90 Å². The van der Waals surface area contributed by atoms with E-state index in [2.05, 4.69) is 0 Å². The number of imide groups is 1. The predicted octanol–water partition coefficient (Wildman–Crippen LogP) is 2.80. The lowest BCUT2D eigenvalue weighted by atomic mass is 9.99. The maximum atomic E-state index is 12.4. The van der Waals surface area contributed by atoms with E-state index in [1.807, 2.05) is 6.07 Å². The van der Waals surface area contributed by atoms with Crippen LogP contribution < -0.4 is 0 Å². The second-order valence-corrected chi connectivity index (χ2v) is 5.40. The molecule has 110 valence electrons. The van der Waals surface area contributed by atoms with Crippen molar-refractivity contribution >= 4 is 17.6 Å². The monoisotopic (exact) mass is 293 g/mol. The average molecular weight is 293 g/mol. The van der Waals surface area contributed by atoms with Crippen LogP contribution in [0.4, 0.5) is 0 Å². The summed E-state index contributed by atoms with van der Waals surface area (Å²) in [4.78, 5) is 38.1. The van der Waals surface area contributed by atoms with E-state index in [-0.39, 0.29) is 24.1 Å². The van der Waals surface area contributed by atoms with Crippen molar-refractivity contribution in [3.05, 3.63) is 71.3 Å². The van der Waals surface area contributed by atoms with Gasteiger partial charge in [-0.25, -0.2) is 0 Å². The van der Waals surface area contributed by atoms with Crippen molar-refractivity contribution in [3.8, 4) is 0 Å². The van der Waals surface area contributed by atoms with Gasteiger partial charge in [-0.3, -0.25) is 19.3 Å². The first-order chi connectivity index (χ1) is 10.6. The van der Waals surface area contributed by atoms with Crippen LogP contribution in [0.5, 0.6) is 0 Å². The summed E-state index contributed by atoms with van der Waals surface area (Å²) in [5, 5.41) is 0. The minimum atomic E-state index is -0.440. The molecule has 0 aliphatic carbocycles. The zero-order valence-corrected chi connectivity index (χ0v) is 12.2. The Morgan fingerprint density at radius 2 is 1.41 bits per heavy atom. The largest absolute Gasteiger partial charge is 0.294 e. The van der Waals surface area contributed by atoms with Crippen LogP contribution in [0.2, 0.25) is 0 Å². The molecule has 1 heterocycles. The van der Waals surface area contributed by atoms with Gasteiger partial charge in [0.15, 0.2) is 5.78 Å². The summed E-state index contributed by atoms with van der Waals surface area (Å²) in [6.07, 6.45) is 0. The lowest BCUT2D eigenvalue weighted by molar-refractivity contribution is 0.0623. The second-order valence-electron chi connectivity index (χ2n) is 5.40. The number of Topliss-reactive ketones (excluding diaryl/α,β-unsaturated/α-hetero) is 1. The molecule has 0 bridgehead atoms. The van der Waals surface area contributed by atoms with Crippen LogP contribution in [-0.2, 0) is 0 Å². The third-order valence-corrected chi connectivity index (χ3v) is 3.84. The lowest BCUT2D eigenvalue weighted by Crippen LogP contribution is -2.36. The maximum Gasteiger partial charge on any atom is 0.261 e. The van der Waals surface area contributed by atoms with E-state index < -0.39 is 5.92 Å². The van der Waals surface area contributed by atoms with Gasteiger partial charge in [0, 0.05) is 18.0 Å². The zero-order chi connectivity index (χ0) is 15.7. The molecular formula is C18H15NO3. The summed E-state index contributed by atoms with van der Waals surface area (Å²) in [5.74, 6) is -1.16. The summed E-state index contributed by atoms with van der Waals surface area (Å²) in [6.45, 7) is 1.83. The van der Waals surface area contributed by atoms with Crippen LogP contribution in [0.25, 0.3) is 0 Å². The first-order valence-electron chi connectivity index (χ1n) is 7.14. The number of ketones is 1. The van der Waals surface area contributed by atoms with E-state index in [0.29, 0.717) is 16.7 Å². The van der Waals surface area contributed by atoms with Crippen molar-refractivity contribution in [2.24, 2.45) is 5.92 Å². The number of carbonyl (C=O) groups excluding carboxylic acids is 3. The van der Waals surface area contributed by atoms with Crippen molar-refractivity contribution in [2.75, 3.05) is 6.54 Å². The highest BCUT2D eigenvalue weighted by molar-refractivity contribution is 6.21. The molecule has 0 radical (unpaired) electrons. The molecule has 0 spiro atoms. The Labute approximate surface area is 128 Å². The van der Waals surface area contributed by atoms with E-state index in [9.17, 15) is 14.4 Å². The van der Waals surface area contributed by atoms with E-state index in [1.165, 1.54) is 0 Å². The van der Waals surface area contributed by atoms with Gasteiger partial charge in [-0.15, -0.1) is 0 Å². The van der Waals surface area contributed by atoms with Crippen LogP contribution in [0.3, 0.4) is 0 Å². The van der Waals surface area contributed by atoms with E-state index in [1.54, 1.807) is 55.5 Å². The third-order valence-electron chi connectivity index (χ3n) is 3.84. The Morgan fingerprint density at radius 1 is 0.909 bits per heavy atom. The van der Waals surface area contributed by atoms with Gasteiger partial charge in [0.2, 0.25) is 0 Å². The smallest absolute Gasteiger partial charge is 0.261 e. The molecule has 1 unspecified atom stereocenters. The van der Waals surface area contributed by atoms with Gasteiger partial charge >= 0.3 is 0 Å². The summed E-state index contributed by atoms with van der Waals surface area (Å²) < 4.78 is 0. The molecule has 0 N–H and O–H groups in total. The minimum absolute atomic E-state index is 0.0721. The molecule has 0 saturated carbocycles. The highest BCUT2D eigenvalue weighted by Crippen LogP contribution is 2.24. The quantitative estimate of drug-likeness (QED) is 0.643. The molecule has 4 nitrogen and oxygen atoms in total. The van der Waals surface area contributed by atoms with Gasteiger partial charge in [0.1, 0.15) is 0 Å². The normalized spacial score (nSPS) is 14.9. The Kier molecular flexibility index (Phi) is 3.59. The number of benzene rings is 2. The Hall–Kier alpha value is -2.75. The molecular weight excluding hydrogens is 278 g/mol. The number of fused-ring (bicyclic) bond motifs is 1. The molecule has 1 aliphatic heterocycles. The summed E-state index contributed by atoms with van der Waals surface area (Å²) in [5.41, 5.74) is 1.41. The van der Waals surface area contributed by atoms with Crippen molar-refractivity contribution in [1.29, 1.82) is 0 Å². The van der Waals surface area contributed by atoms with Crippen molar-refractivity contribution in [2.45, 2.75) is 6.92 Å². The zero-order valence-electron chi connectivity index (χ0n) is 12.2. The maximum absolute atomic E-state index is 12.4. The molecule has 4 heteroatoms. The number of hydrogen-bond acceptors (Lipinski definition) is 3. The first kappa shape index (κ1) is 14.2. The minimum Gasteiger partial charge on any atom is -0.294 e. The molecule has 1 atom stereocenters. The molecule has 0 fully saturated rings. The summed E-state index contributed by atoms with van der Waals surface area (Å²) in [7, 11) is 0. The van der Waals surface area contributed by atoms with Crippen LogP contribution in [-0.4, -0.2) is 29.0 Å². The molecule has 0 saturated heterocycles. The fraction of sp³-hybridized carbons (Fsp3) is 0.167. The lowest BCUT2D eigenvalue weighted by Gasteiger charge is -2.18. The van der Waals surface area contributed by atoms with E-state index in [0.717, 1.165) is 4.90 Å².